The van der Waals surface area contributed by atoms with Gasteiger partial charge in [-0.2, -0.15) is 0 Å². The average molecular weight is 189 g/mol. The molecule has 0 saturated carbocycles. The number of benzene rings is 1. The Bertz CT molecular complexity index is 418. The van der Waals surface area contributed by atoms with Crippen molar-refractivity contribution in [2.75, 3.05) is 0 Å². The quantitative estimate of drug-likeness (QED) is 0.642. The smallest absolute Gasteiger partial charge is 0.0454 e. The van der Waals surface area contributed by atoms with E-state index in [1.165, 1.54) is 16.5 Å². The standard InChI is InChI=1S/C12H15N.CH4/c1-12(2,3)10-4-5-11-9(8-10)6-7-13-11;/h4-8,13H,1-3H3;1H4. The van der Waals surface area contributed by atoms with Crippen LogP contribution in [0.25, 0.3) is 10.9 Å². The van der Waals surface area contributed by atoms with Gasteiger partial charge in [0.1, 0.15) is 0 Å². The van der Waals surface area contributed by atoms with Crippen molar-refractivity contribution in [3.05, 3.63) is 36.0 Å². The highest BCUT2D eigenvalue weighted by molar-refractivity contribution is 5.80. The van der Waals surface area contributed by atoms with Gasteiger partial charge >= 0.3 is 0 Å². The van der Waals surface area contributed by atoms with E-state index in [0.29, 0.717) is 0 Å². The minimum atomic E-state index is 0. The molecule has 0 aliphatic carbocycles. The van der Waals surface area contributed by atoms with Crippen LogP contribution >= 0.6 is 0 Å². The summed E-state index contributed by atoms with van der Waals surface area (Å²) in [5.74, 6) is 0. The Hall–Kier alpha value is -1.24. The van der Waals surface area contributed by atoms with Crippen LogP contribution in [0.4, 0.5) is 0 Å². The number of hydrogen-bond acceptors (Lipinski definition) is 0. The molecule has 0 spiro atoms. The molecule has 1 heteroatoms. The topological polar surface area (TPSA) is 15.8 Å². The summed E-state index contributed by atoms with van der Waals surface area (Å²) in [7, 11) is 0. The molecule has 76 valence electrons. The highest BCUT2D eigenvalue weighted by Crippen LogP contribution is 2.25. The first-order valence-electron chi connectivity index (χ1n) is 4.65. The molecule has 1 aromatic heterocycles. The van der Waals surface area contributed by atoms with Gasteiger partial charge in [-0.3, -0.25) is 0 Å². The molecule has 1 heterocycles. The molecule has 2 aromatic rings. The first-order valence-corrected chi connectivity index (χ1v) is 4.65. The van der Waals surface area contributed by atoms with E-state index >= 15 is 0 Å². The zero-order valence-electron chi connectivity index (χ0n) is 8.39. The molecule has 0 aliphatic heterocycles. The van der Waals surface area contributed by atoms with Crippen molar-refractivity contribution in [3.63, 3.8) is 0 Å². The van der Waals surface area contributed by atoms with Crippen LogP contribution < -0.4 is 0 Å². The van der Waals surface area contributed by atoms with Crippen LogP contribution in [0.15, 0.2) is 30.5 Å². The molecule has 0 aliphatic rings. The molecule has 0 atom stereocenters. The second-order valence-electron chi connectivity index (χ2n) is 4.53. The van der Waals surface area contributed by atoms with Crippen LogP contribution in [0, 0.1) is 0 Å². The largest absolute Gasteiger partial charge is 0.361 e. The van der Waals surface area contributed by atoms with Crippen molar-refractivity contribution < 1.29 is 0 Å². The Kier molecular flexibility index (Phi) is 2.70. The Morgan fingerprint density at radius 2 is 1.79 bits per heavy atom. The SMILES string of the molecule is C.CC(C)(C)c1ccc2[nH]ccc2c1. The summed E-state index contributed by atoms with van der Waals surface area (Å²) >= 11 is 0. The van der Waals surface area contributed by atoms with E-state index in [1.807, 2.05) is 6.20 Å². The van der Waals surface area contributed by atoms with E-state index in [9.17, 15) is 0 Å². The second kappa shape index (κ2) is 3.49. The van der Waals surface area contributed by atoms with Gasteiger partial charge in [0.05, 0.1) is 0 Å². The van der Waals surface area contributed by atoms with Gasteiger partial charge in [0.2, 0.25) is 0 Å². The van der Waals surface area contributed by atoms with E-state index < -0.39 is 0 Å². The fourth-order valence-corrected chi connectivity index (χ4v) is 1.52. The average Bonchev–Trinajstić information content (AvgIpc) is 2.47. The highest BCUT2D eigenvalue weighted by Gasteiger charge is 2.13. The maximum atomic E-state index is 3.20. The molecule has 0 unspecified atom stereocenters. The number of rotatable bonds is 0. The van der Waals surface area contributed by atoms with Crippen LogP contribution in [0.3, 0.4) is 0 Å². The zero-order valence-corrected chi connectivity index (χ0v) is 8.39. The summed E-state index contributed by atoms with van der Waals surface area (Å²) in [6.07, 6.45) is 1.98. The second-order valence-corrected chi connectivity index (χ2v) is 4.53. The lowest BCUT2D eigenvalue weighted by Gasteiger charge is -2.18. The van der Waals surface area contributed by atoms with E-state index in [-0.39, 0.29) is 12.8 Å². The number of aromatic nitrogens is 1. The first-order chi connectivity index (χ1) is 6.07. The molecule has 0 saturated heterocycles. The monoisotopic (exact) mass is 189 g/mol. The third kappa shape index (κ3) is 1.82. The predicted octanol–water partition coefficient (Wildman–Crippen LogP) is 4.10. The number of nitrogens with one attached hydrogen (secondary N) is 1. The van der Waals surface area contributed by atoms with Crippen molar-refractivity contribution in [2.24, 2.45) is 0 Å². The van der Waals surface area contributed by atoms with Gasteiger partial charge in [-0.05, 0) is 34.6 Å². The van der Waals surface area contributed by atoms with Crippen molar-refractivity contribution in [3.8, 4) is 0 Å². The van der Waals surface area contributed by atoms with E-state index in [2.05, 4.69) is 50.0 Å². The normalized spacial score (nSPS) is 11.4. The Morgan fingerprint density at radius 1 is 1.07 bits per heavy atom. The Morgan fingerprint density at radius 3 is 2.43 bits per heavy atom. The fourth-order valence-electron chi connectivity index (χ4n) is 1.52. The molecule has 0 amide bonds. The molecule has 1 nitrogen and oxygen atoms in total. The van der Waals surface area contributed by atoms with Crippen molar-refractivity contribution >= 4 is 10.9 Å². The highest BCUT2D eigenvalue weighted by atomic mass is 14.7. The van der Waals surface area contributed by atoms with Gasteiger partial charge in [0, 0.05) is 11.7 Å². The molecule has 0 fully saturated rings. The van der Waals surface area contributed by atoms with Crippen molar-refractivity contribution in [2.45, 2.75) is 33.6 Å². The molecular weight excluding hydrogens is 170 g/mol. The maximum Gasteiger partial charge on any atom is 0.0454 e. The van der Waals surface area contributed by atoms with E-state index in [4.69, 9.17) is 0 Å². The summed E-state index contributed by atoms with van der Waals surface area (Å²) in [5.41, 5.74) is 2.85. The van der Waals surface area contributed by atoms with Gasteiger partial charge in [-0.1, -0.05) is 34.3 Å². The van der Waals surface area contributed by atoms with Crippen LogP contribution in [0.2, 0.25) is 0 Å². The first kappa shape index (κ1) is 10.8. The molecule has 2 rings (SSSR count). The molecule has 1 aromatic carbocycles. The lowest BCUT2D eigenvalue weighted by Crippen LogP contribution is -2.10. The van der Waals surface area contributed by atoms with E-state index in [1.54, 1.807) is 0 Å². The minimum absolute atomic E-state index is 0. The molecular formula is C13H19N. The third-order valence-corrected chi connectivity index (χ3v) is 2.42. The number of hydrogen-bond donors (Lipinski definition) is 1. The van der Waals surface area contributed by atoms with Crippen LogP contribution in [-0.2, 0) is 5.41 Å². The summed E-state index contributed by atoms with van der Waals surface area (Å²) in [6, 6.07) is 8.71. The number of fused-ring (bicyclic) bond motifs is 1. The van der Waals surface area contributed by atoms with Crippen LogP contribution in [-0.4, -0.2) is 4.98 Å². The van der Waals surface area contributed by atoms with Gasteiger partial charge in [-0.25, -0.2) is 0 Å². The van der Waals surface area contributed by atoms with Crippen LogP contribution in [0.1, 0.15) is 33.8 Å². The molecule has 0 radical (unpaired) electrons. The summed E-state index contributed by atoms with van der Waals surface area (Å²) in [4.78, 5) is 3.20. The predicted molar refractivity (Wildman–Crippen MR) is 63.7 cm³/mol. The van der Waals surface area contributed by atoms with Gasteiger partial charge in [0.25, 0.3) is 0 Å². The third-order valence-electron chi connectivity index (χ3n) is 2.42. The summed E-state index contributed by atoms with van der Waals surface area (Å²) in [5, 5.41) is 1.30. The zero-order chi connectivity index (χ0) is 9.47. The van der Waals surface area contributed by atoms with E-state index in [0.717, 1.165) is 0 Å². The molecule has 14 heavy (non-hydrogen) atoms. The Balaban J connectivity index is 0.000000980. The lowest BCUT2D eigenvalue weighted by molar-refractivity contribution is 0.591. The Labute approximate surface area is 86.2 Å². The number of H-pyrrole nitrogens is 1. The summed E-state index contributed by atoms with van der Waals surface area (Å²) < 4.78 is 0. The summed E-state index contributed by atoms with van der Waals surface area (Å²) in [6.45, 7) is 6.71. The lowest BCUT2D eigenvalue weighted by atomic mass is 9.86. The van der Waals surface area contributed by atoms with Crippen molar-refractivity contribution in [1.29, 1.82) is 0 Å². The van der Waals surface area contributed by atoms with Crippen molar-refractivity contribution in [1.82, 2.24) is 4.98 Å². The van der Waals surface area contributed by atoms with Gasteiger partial charge in [0.15, 0.2) is 0 Å². The minimum Gasteiger partial charge on any atom is -0.361 e. The maximum absolute atomic E-state index is 3.20. The molecule has 1 N–H and O–H groups in total. The fraction of sp³-hybridized carbons (Fsp3) is 0.385. The van der Waals surface area contributed by atoms with Crippen LogP contribution in [0.5, 0.6) is 0 Å². The molecule has 0 bridgehead atoms. The number of aromatic amines is 1. The van der Waals surface area contributed by atoms with Gasteiger partial charge in [-0.15, -0.1) is 0 Å². The van der Waals surface area contributed by atoms with Gasteiger partial charge < -0.3 is 4.98 Å².